The molecule has 1 N–H and O–H groups in total. The molecule has 4 rings (SSSR count). The van der Waals surface area contributed by atoms with E-state index in [2.05, 4.69) is 40.9 Å². The maximum absolute atomic E-state index is 14.9. The van der Waals surface area contributed by atoms with Gasteiger partial charge in [-0.2, -0.15) is 0 Å². The zero-order valence-electron chi connectivity index (χ0n) is 22.0. The highest BCUT2D eigenvalue weighted by Crippen LogP contribution is 2.35. The van der Waals surface area contributed by atoms with Gasteiger partial charge in [-0.15, -0.1) is 11.3 Å². The van der Waals surface area contributed by atoms with Crippen LogP contribution in [0.1, 0.15) is 29.1 Å². The molecule has 0 bridgehead atoms. The lowest BCUT2D eigenvalue weighted by Crippen LogP contribution is -2.34. The normalized spacial score (nSPS) is 10.7. The Labute approximate surface area is 231 Å². The van der Waals surface area contributed by atoms with E-state index >= 15 is 0 Å². The van der Waals surface area contributed by atoms with Crippen LogP contribution < -0.4 is 10.1 Å². The number of pyridine rings is 1. The predicted molar refractivity (Wildman–Crippen MR) is 153 cm³/mol. The van der Waals surface area contributed by atoms with Crippen molar-refractivity contribution in [2.24, 2.45) is 0 Å². The Hall–Kier alpha value is -4.26. The number of hydrogen-bond acceptors (Lipinski definition) is 6. The molecule has 0 spiro atoms. The molecule has 200 valence electrons. The Morgan fingerprint density at radius 2 is 1.82 bits per heavy atom. The van der Waals surface area contributed by atoms with Crippen LogP contribution in [0.3, 0.4) is 0 Å². The van der Waals surface area contributed by atoms with Gasteiger partial charge in [0.25, 0.3) is 5.91 Å². The summed E-state index contributed by atoms with van der Waals surface area (Å²) in [5.74, 6) is 5.50. The van der Waals surface area contributed by atoms with Crippen LogP contribution in [0, 0.1) is 17.7 Å². The monoisotopic (exact) mass is 544 g/mol. The van der Waals surface area contributed by atoms with E-state index in [9.17, 15) is 14.0 Å². The van der Waals surface area contributed by atoms with Crippen LogP contribution in [0.15, 0.2) is 66.9 Å². The van der Waals surface area contributed by atoms with Crippen molar-refractivity contribution in [3.05, 3.63) is 83.1 Å². The number of likely N-dealkylation sites (N-methyl/N-ethyl adjacent to an activating group) is 1. The maximum atomic E-state index is 14.9. The van der Waals surface area contributed by atoms with Crippen LogP contribution in [-0.4, -0.2) is 59.8 Å². The minimum absolute atomic E-state index is 0.0134. The Balaban J connectivity index is 1.41. The van der Waals surface area contributed by atoms with Crippen molar-refractivity contribution < 1.29 is 18.7 Å². The van der Waals surface area contributed by atoms with Crippen molar-refractivity contribution in [3.8, 4) is 23.3 Å². The van der Waals surface area contributed by atoms with E-state index in [1.165, 1.54) is 35.4 Å². The number of carbonyl (C=O) groups excluding carboxylic acids is 2. The van der Waals surface area contributed by atoms with Crippen LogP contribution in [0.5, 0.6) is 11.5 Å². The molecular weight excluding hydrogens is 515 g/mol. The van der Waals surface area contributed by atoms with Gasteiger partial charge in [0, 0.05) is 36.6 Å². The van der Waals surface area contributed by atoms with Gasteiger partial charge in [-0.1, -0.05) is 43.9 Å². The molecular formula is C30H29FN4O3S. The van der Waals surface area contributed by atoms with Crippen molar-refractivity contribution in [1.29, 1.82) is 0 Å². The molecule has 0 saturated carbocycles. The second kappa shape index (κ2) is 13.0. The topological polar surface area (TPSA) is 74.8 Å². The highest BCUT2D eigenvalue weighted by Gasteiger charge is 2.16. The number of hydrogen-bond donors (Lipinski definition) is 1. The van der Waals surface area contributed by atoms with Crippen LogP contribution in [0.4, 0.5) is 10.1 Å². The number of ether oxygens (including phenoxy) is 1. The van der Waals surface area contributed by atoms with Crippen LogP contribution in [0.25, 0.3) is 10.2 Å². The van der Waals surface area contributed by atoms with Crippen molar-refractivity contribution in [2.75, 3.05) is 38.5 Å². The maximum Gasteiger partial charge on any atom is 0.254 e. The van der Waals surface area contributed by atoms with Gasteiger partial charge in [0.2, 0.25) is 5.91 Å². The summed E-state index contributed by atoms with van der Waals surface area (Å²) in [5.41, 5.74) is 1.46. The highest BCUT2D eigenvalue weighted by atomic mass is 32.1. The molecule has 7 nitrogen and oxygen atoms in total. The van der Waals surface area contributed by atoms with E-state index in [0.717, 1.165) is 28.2 Å². The summed E-state index contributed by atoms with van der Waals surface area (Å²) in [7, 11) is 1.54. The first-order chi connectivity index (χ1) is 18.9. The lowest BCUT2D eigenvalue weighted by atomic mass is 10.2. The van der Waals surface area contributed by atoms with Gasteiger partial charge in [0.15, 0.2) is 11.6 Å². The second-order valence-electron chi connectivity index (χ2n) is 8.72. The lowest BCUT2D eigenvalue weighted by Gasteiger charge is -2.17. The smallest absolute Gasteiger partial charge is 0.254 e. The van der Waals surface area contributed by atoms with Gasteiger partial charge < -0.3 is 15.0 Å². The predicted octanol–water partition coefficient (Wildman–Crippen LogP) is 5.63. The van der Waals surface area contributed by atoms with Gasteiger partial charge in [-0.3, -0.25) is 19.5 Å². The SMILES string of the molecule is CCN(CC)CC#Cc1cc2nccc(Oc3ccc(NC(=O)CN(C)C(=O)c4ccccc4)cc3F)c2s1. The molecule has 39 heavy (non-hydrogen) atoms. The number of aromatic nitrogens is 1. The summed E-state index contributed by atoms with van der Waals surface area (Å²) in [5, 5.41) is 2.62. The first-order valence-electron chi connectivity index (χ1n) is 12.6. The van der Waals surface area contributed by atoms with Gasteiger partial charge >= 0.3 is 0 Å². The van der Waals surface area contributed by atoms with Gasteiger partial charge in [-0.05, 0) is 43.4 Å². The molecule has 0 aliphatic rings. The van der Waals surface area contributed by atoms with Gasteiger partial charge in [0.05, 0.1) is 28.2 Å². The number of halogens is 1. The zero-order chi connectivity index (χ0) is 27.8. The number of amides is 2. The number of anilines is 1. The fourth-order valence-corrected chi connectivity index (χ4v) is 4.75. The molecule has 0 fully saturated rings. The van der Waals surface area contributed by atoms with E-state index in [0.29, 0.717) is 17.9 Å². The average molecular weight is 545 g/mol. The molecule has 2 aromatic carbocycles. The van der Waals surface area contributed by atoms with Gasteiger partial charge in [-0.25, -0.2) is 4.39 Å². The molecule has 0 unspecified atom stereocenters. The fourth-order valence-electron chi connectivity index (χ4n) is 3.81. The molecule has 9 heteroatoms. The first-order valence-corrected chi connectivity index (χ1v) is 13.4. The second-order valence-corrected chi connectivity index (χ2v) is 9.77. The summed E-state index contributed by atoms with van der Waals surface area (Å²) in [4.78, 5) is 33.7. The van der Waals surface area contributed by atoms with Crippen molar-refractivity contribution >= 4 is 39.1 Å². The van der Waals surface area contributed by atoms with E-state index < -0.39 is 11.7 Å². The molecule has 4 aromatic rings. The third kappa shape index (κ3) is 7.19. The third-order valence-corrected chi connectivity index (χ3v) is 7.02. The number of nitrogens with zero attached hydrogens (tertiary/aromatic N) is 3. The van der Waals surface area contributed by atoms with Crippen LogP contribution in [0.2, 0.25) is 0 Å². The lowest BCUT2D eigenvalue weighted by molar-refractivity contribution is -0.116. The molecule has 2 amide bonds. The van der Waals surface area contributed by atoms with Crippen LogP contribution in [-0.2, 0) is 4.79 Å². The van der Waals surface area contributed by atoms with E-state index in [1.54, 1.807) is 42.6 Å². The minimum atomic E-state index is -0.637. The van der Waals surface area contributed by atoms with E-state index in [4.69, 9.17) is 4.74 Å². The summed E-state index contributed by atoms with van der Waals surface area (Å²) >= 11 is 1.44. The average Bonchev–Trinajstić information content (AvgIpc) is 3.36. The quantitative estimate of drug-likeness (QED) is 0.277. The summed E-state index contributed by atoms with van der Waals surface area (Å²) < 4.78 is 21.6. The molecule has 0 aliphatic heterocycles. The minimum Gasteiger partial charge on any atom is -0.453 e. The fraction of sp³-hybridized carbons (Fsp3) is 0.233. The number of benzene rings is 2. The number of nitrogens with one attached hydrogen (secondary N) is 1. The molecule has 2 heterocycles. The Morgan fingerprint density at radius 1 is 1.05 bits per heavy atom. The molecule has 0 atom stereocenters. The summed E-state index contributed by atoms with van der Waals surface area (Å²) in [6.07, 6.45) is 1.61. The number of thiophene rings is 1. The Morgan fingerprint density at radius 3 is 2.54 bits per heavy atom. The highest BCUT2D eigenvalue weighted by molar-refractivity contribution is 7.19. The molecule has 2 aromatic heterocycles. The summed E-state index contributed by atoms with van der Waals surface area (Å²) in [6, 6.07) is 16.4. The van der Waals surface area contributed by atoms with Crippen molar-refractivity contribution in [1.82, 2.24) is 14.8 Å². The molecule has 0 radical (unpaired) electrons. The van der Waals surface area contributed by atoms with E-state index in [-0.39, 0.29) is 23.9 Å². The van der Waals surface area contributed by atoms with Crippen molar-refractivity contribution in [2.45, 2.75) is 13.8 Å². The molecule has 0 saturated heterocycles. The molecule has 0 aliphatic carbocycles. The standard InChI is InChI=1S/C30H29FN4O3S/c1-4-35(5-2)17-9-12-23-19-25-29(39-23)27(15-16-32-25)38-26-14-13-22(18-24(26)31)33-28(36)20-34(3)30(37)21-10-7-6-8-11-21/h6-8,10-11,13-16,18-19H,4-5,17,20H2,1-3H3,(H,33,36). The third-order valence-electron chi connectivity index (χ3n) is 5.97. The summed E-state index contributed by atoms with van der Waals surface area (Å²) in [6.45, 7) is 6.59. The number of rotatable bonds is 9. The van der Waals surface area contributed by atoms with E-state index in [1.807, 2.05) is 12.1 Å². The Bertz CT molecular complexity index is 1520. The van der Waals surface area contributed by atoms with Crippen molar-refractivity contribution in [3.63, 3.8) is 0 Å². The zero-order valence-corrected chi connectivity index (χ0v) is 22.8. The largest absolute Gasteiger partial charge is 0.453 e. The van der Waals surface area contributed by atoms with Crippen LogP contribution >= 0.6 is 11.3 Å². The number of fused-ring (bicyclic) bond motifs is 1. The Kier molecular flexibility index (Phi) is 9.26. The van der Waals surface area contributed by atoms with Gasteiger partial charge in [0.1, 0.15) is 5.75 Å². The number of carbonyl (C=O) groups is 2. The first kappa shape index (κ1) is 27.8.